The first-order valence-corrected chi connectivity index (χ1v) is 11.3. The zero-order valence-electron chi connectivity index (χ0n) is 13.1. The van der Waals surface area contributed by atoms with Crippen molar-refractivity contribution in [1.82, 2.24) is 9.78 Å². The molecule has 2 rings (SSSR count). The molecule has 1 aromatic carbocycles. The summed E-state index contributed by atoms with van der Waals surface area (Å²) in [4.78, 5) is 0. The molecule has 0 spiro atoms. The third-order valence-electron chi connectivity index (χ3n) is 3.13. The summed E-state index contributed by atoms with van der Waals surface area (Å²) < 4.78 is 68.8. The van der Waals surface area contributed by atoms with Crippen LogP contribution >= 0.6 is 20.2 Å². The van der Waals surface area contributed by atoms with Gasteiger partial charge in [0.25, 0.3) is 0 Å². The van der Waals surface area contributed by atoms with Gasteiger partial charge in [-0.2, -0.15) is 0 Å². The van der Waals surface area contributed by atoms with Gasteiger partial charge in [0.1, 0.15) is 0 Å². The van der Waals surface area contributed by atoms with E-state index in [2.05, 4.69) is 5.10 Å². The number of hydrogen-bond donors (Lipinski definition) is 0. The Morgan fingerprint density at radius 1 is 1.20 bits per heavy atom. The Morgan fingerprint density at radius 3 is 2.20 bits per heavy atom. The van der Waals surface area contributed by atoms with Gasteiger partial charge in [-0.3, -0.25) is 0 Å². The molecule has 0 N–H and O–H groups in total. The van der Waals surface area contributed by atoms with Crippen LogP contribution in [0.5, 0.6) is 0 Å². The molecule has 0 fully saturated rings. The van der Waals surface area contributed by atoms with Crippen molar-refractivity contribution in [2.75, 3.05) is 0 Å². The topological polar surface area (TPSA) is 61.2 Å². The Hall–Kier alpha value is -1.14. The van der Waals surface area contributed by atoms with Crippen molar-refractivity contribution in [3.05, 3.63) is 48.9 Å². The second kappa shape index (κ2) is 8.04. The van der Waals surface area contributed by atoms with Gasteiger partial charge in [0, 0.05) is 0 Å². The third-order valence-corrected chi connectivity index (χ3v) is 10.9. The van der Waals surface area contributed by atoms with Crippen molar-refractivity contribution in [3.63, 3.8) is 0 Å². The predicted molar refractivity (Wildman–Crippen MR) is 98.0 cm³/mol. The normalized spacial score (nSPS) is 12.6. The fraction of sp³-hybridized carbons (Fsp3) is 0.400. The van der Waals surface area contributed by atoms with E-state index in [0.717, 1.165) is 0 Å². The Bertz CT molecular complexity index is 821. The minimum atomic E-state index is -5.69. The standard InChI is InChI=1S/C14H16F3IN2O3S.CH4/c1-4-20-11(3)13(10(2)19-20)18(12-8-6-5-7-9-12)23-24(21,22)14(15,16)17;/h5-9H,4H2,1-3H3;1H4. The minimum absolute atomic E-state index is 0. The first-order valence-electron chi connectivity index (χ1n) is 6.88. The maximum atomic E-state index is 12.8. The molecule has 1 aromatic heterocycles. The summed E-state index contributed by atoms with van der Waals surface area (Å²) in [7, 11) is -5.69. The third kappa shape index (κ3) is 4.53. The summed E-state index contributed by atoms with van der Waals surface area (Å²) in [6.07, 6.45) is 0. The number of rotatable bonds is 5. The number of nitrogens with zero attached hydrogens (tertiary/aromatic N) is 2. The Morgan fingerprint density at radius 2 is 1.76 bits per heavy atom. The molecule has 0 aliphatic carbocycles. The van der Waals surface area contributed by atoms with Gasteiger partial charge in [0.2, 0.25) is 0 Å². The molecule has 0 aliphatic rings. The Kier molecular flexibility index (Phi) is 7.04. The zero-order valence-corrected chi connectivity index (χ0v) is 16.1. The Labute approximate surface area is 153 Å². The van der Waals surface area contributed by atoms with Crippen molar-refractivity contribution in [1.29, 1.82) is 0 Å². The molecule has 0 bridgehead atoms. The van der Waals surface area contributed by atoms with Crippen LogP contribution in [0.15, 0.2) is 30.3 Å². The molecule has 0 atom stereocenters. The number of halogens is 4. The molecular formula is C15H20F3IN2O3S. The number of aromatic nitrogens is 2. The molecule has 0 amide bonds. The van der Waals surface area contributed by atoms with Gasteiger partial charge >= 0.3 is 146 Å². The van der Waals surface area contributed by atoms with Crippen LogP contribution in [0, 0.1) is 21.0 Å². The molecule has 2 aromatic rings. The monoisotopic (exact) mass is 492 g/mol. The van der Waals surface area contributed by atoms with Gasteiger partial charge in [-0.15, -0.1) is 0 Å². The van der Waals surface area contributed by atoms with E-state index in [0.29, 0.717) is 25.1 Å². The number of benzene rings is 1. The summed E-state index contributed by atoms with van der Waals surface area (Å²) in [5.41, 5.74) is -4.35. The van der Waals surface area contributed by atoms with E-state index in [1.54, 1.807) is 48.9 Å². The van der Waals surface area contributed by atoms with Crippen LogP contribution in [-0.4, -0.2) is 23.7 Å². The molecule has 10 heteroatoms. The number of aryl methyl sites for hydroxylation is 2. The van der Waals surface area contributed by atoms with E-state index >= 15 is 0 Å². The second-order valence-electron chi connectivity index (χ2n) is 4.81. The molecule has 1 heterocycles. The zero-order chi connectivity index (χ0) is 18.1. The molecular weight excluding hydrogens is 472 g/mol. The van der Waals surface area contributed by atoms with E-state index in [1.807, 2.05) is 6.92 Å². The van der Waals surface area contributed by atoms with E-state index in [1.165, 1.54) is 0 Å². The van der Waals surface area contributed by atoms with Crippen molar-refractivity contribution < 1.29 is 24.1 Å². The maximum absolute atomic E-state index is 12.8. The molecule has 0 radical (unpaired) electrons. The van der Waals surface area contributed by atoms with Crippen molar-refractivity contribution >= 4 is 30.4 Å². The SMILES string of the molecule is C.CCn1nc(C)c(I(OS(=O)(=O)C(F)(F)F)c2ccccc2)c1C. The van der Waals surface area contributed by atoms with Crippen LogP contribution in [0.1, 0.15) is 25.7 Å². The van der Waals surface area contributed by atoms with E-state index in [-0.39, 0.29) is 7.43 Å². The van der Waals surface area contributed by atoms with Crippen molar-refractivity contribution in [2.24, 2.45) is 0 Å². The van der Waals surface area contributed by atoms with Gasteiger partial charge in [-0.05, 0) is 0 Å². The summed E-state index contributed by atoms with van der Waals surface area (Å²) in [6.45, 7) is 5.72. The van der Waals surface area contributed by atoms with Gasteiger partial charge in [-0.1, -0.05) is 7.43 Å². The molecule has 0 saturated heterocycles. The first kappa shape index (κ1) is 21.9. The average molecular weight is 492 g/mol. The van der Waals surface area contributed by atoms with Crippen LogP contribution in [0.2, 0.25) is 0 Å². The molecule has 142 valence electrons. The van der Waals surface area contributed by atoms with E-state index in [4.69, 9.17) is 2.51 Å². The molecule has 0 unspecified atom stereocenters. The van der Waals surface area contributed by atoms with Crippen molar-refractivity contribution in [3.8, 4) is 0 Å². The molecule has 0 saturated carbocycles. The summed E-state index contributed by atoms with van der Waals surface area (Å²) >= 11 is -3.36. The van der Waals surface area contributed by atoms with Crippen LogP contribution < -0.4 is 0 Å². The van der Waals surface area contributed by atoms with Crippen LogP contribution in [0.4, 0.5) is 13.2 Å². The van der Waals surface area contributed by atoms with Crippen LogP contribution in [0.25, 0.3) is 0 Å². The summed E-state index contributed by atoms with van der Waals surface area (Å²) in [5, 5.41) is 4.27. The molecule has 25 heavy (non-hydrogen) atoms. The van der Waals surface area contributed by atoms with Gasteiger partial charge in [0.05, 0.1) is 0 Å². The fourth-order valence-electron chi connectivity index (χ4n) is 2.06. The molecule has 5 nitrogen and oxygen atoms in total. The number of alkyl halides is 3. The second-order valence-corrected chi connectivity index (χ2v) is 11.1. The first-order chi connectivity index (χ1) is 11.1. The van der Waals surface area contributed by atoms with Gasteiger partial charge < -0.3 is 0 Å². The van der Waals surface area contributed by atoms with Crippen LogP contribution in [-0.2, 0) is 19.2 Å². The van der Waals surface area contributed by atoms with E-state index < -0.39 is 35.9 Å². The number of hydrogen-bond acceptors (Lipinski definition) is 4. The molecule has 0 aliphatic heterocycles. The van der Waals surface area contributed by atoms with Crippen LogP contribution in [0.3, 0.4) is 0 Å². The summed E-state index contributed by atoms with van der Waals surface area (Å²) in [5.74, 6) is 0. The van der Waals surface area contributed by atoms with Crippen molar-refractivity contribution in [2.45, 2.75) is 40.3 Å². The predicted octanol–water partition coefficient (Wildman–Crippen LogP) is 4.48. The Balaban J connectivity index is 0.00000312. The van der Waals surface area contributed by atoms with Gasteiger partial charge in [-0.25, -0.2) is 0 Å². The van der Waals surface area contributed by atoms with Gasteiger partial charge in [0.15, 0.2) is 0 Å². The average Bonchev–Trinajstić information content (AvgIpc) is 2.79. The van der Waals surface area contributed by atoms with E-state index in [9.17, 15) is 21.6 Å². The summed E-state index contributed by atoms with van der Waals surface area (Å²) in [6, 6.07) is 8.14. The fourth-order valence-corrected chi connectivity index (χ4v) is 9.12. The quantitative estimate of drug-likeness (QED) is 0.456.